The average Bonchev–Trinajstić information content (AvgIpc) is 2.87. The molecule has 44 heavy (non-hydrogen) atoms. The monoisotopic (exact) mass is 698 g/mol. The van der Waals surface area contributed by atoms with E-state index in [2.05, 4.69) is 15.9 Å². The van der Waals surface area contributed by atoms with E-state index in [1.165, 1.54) is 0 Å². The summed E-state index contributed by atoms with van der Waals surface area (Å²) in [5, 5.41) is -1.09. The maximum Gasteiger partial charge on any atom is 0.303 e. The minimum atomic E-state index is -1.73. The van der Waals surface area contributed by atoms with Crippen LogP contribution in [0.3, 0.4) is 0 Å². The van der Waals surface area contributed by atoms with Gasteiger partial charge in [-0.25, -0.2) is 0 Å². The van der Waals surface area contributed by atoms with E-state index in [1.807, 2.05) is 0 Å². The highest BCUT2D eigenvalue weighted by atomic mass is 79.9. The van der Waals surface area contributed by atoms with Crippen LogP contribution in [0, 0.1) is 0 Å². The number of rotatable bonds is 11. The van der Waals surface area contributed by atoms with Crippen LogP contribution in [0.25, 0.3) is 0 Å². The topological polar surface area (TPSA) is 212 Å². The van der Waals surface area contributed by atoms with Crippen molar-refractivity contribution >= 4 is 57.7 Å². The minimum absolute atomic E-state index is 0.460. The average molecular weight is 699 g/mol. The van der Waals surface area contributed by atoms with E-state index in [4.69, 9.17) is 47.4 Å². The van der Waals surface area contributed by atoms with Crippen molar-refractivity contribution in [2.45, 2.75) is 109 Å². The third-order valence-corrected chi connectivity index (χ3v) is 6.61. The molecule has 0 aromatic rings. The van der Waals surface area contributed by atoms with Crippen LogP contribution >= 0.6 is 15.9 Å². The number of hydrogen-bond donors (Lipinski definition) is 0. The molecule has 0 bridgehead atoms. The van der Waals surface area contributed by atoms with Crippen molar-refractivity contribution in [3.63, 3.8) is 0 Å². The van der Waals surface area contributed by atoms with Gasteiger partial charge in [0.15, 0.2) is 41.8 Å². The van der Waals surface area contributed by atoms with Crippen LogP contribution in [0.1, 0.15) is 48.5 Å². The van der Waals surface area contributed by atoms with E-state index in [9.17, 15) is 33.6 Å². The fourth-order valence-electron chi connectivity index (χ4n) is 4.46. The second-order valence-electron chi connectivity index (χ2n) is 9.64. The normalized spacial score (nSPS) is 31.5. The fraction of sp³-hybridized carbons (Fsp3) is 0.731. The lowest BCUT2D eigenvalue weighted by Crippen LogP contribution is -2.66. The summed E-state index contributed by atoms with van der Waals surface area (Å²) in [5.74, 6) is -5.63. The van der Waals surface area contributed by atoms with Gasteiger partial charge in [0.05, 0.1) is 0 Å². The van der Waals surface area contributed by atoms with Gasteiger partial charge in [-0.05, 0) is 0 Å². The molecule has 0 spiro atoms. The quantitative estimate of drug-likeness (QED) is 0.158. The van der Waals surface area contributed by atoms with Gasteiger partial charge in [-0.15, -0.1) is 0 Å². The largest absolute Gasteiger partial charge is 0.463 e. The summed E-state index contributed by atoms with van der Waals surface area (Å²) in [7, 11) is 0. The Hall–Kier alpha value is -3.35. The molecule has 0 radical (unpaired) electrons. The van der Waals surface area contributed by atoms with Gasteiger partial charge in [-0.3, -0.25) is 33.6 Å². The third-order valence-electron chi connectivity index (χ3n) is 5.87. The van der Waals surface area contributed by atoms with Gasteiger partial charge in [0, 0.05) is 48.5 Å². The number of hydrogen-bond acceptors (Lipinski definition) is 17. The van der Waals surface area contributed by atoms with E-state index < -0.39 is 115 Å². The smallest absolute Gasteiger partial charge is 0.303 e. The van der Waals surface area contributed by atoms with E-state index >= 15 is 0 Å². The molecule has 17 nitrogen and oxygen atoms in total. The Morgan fingerprint density at radius 1 is 0.477 bits per heavy atom. The van der Waals surface area contributed by atoms with Crippen molar-refractivity contribution in [1.82, 2.24) is 0 Å². The molecule has 0 aliphatic carbocycles. The summed E-state index contributed by atoms with van der Waals surface area (Å²) in [5.41, 5.74) is 0. The first-order valence-electron chi connectivity index (χ1n) is 13.2. The first-order chi connectivity index (χ1) is 20.5. The molecule has 2 fully saturated rings. The van der Waals surface area contributed by atoms with E-state index in [0.29, 0.717) is 0 Å². The lowest BCUT2D eigenvalue weighted by molar-refractivity contribution is -0.341. The molecule has 2 heterocycles. The molecule has 0 unspecified atom stereocenters. The molecule has 2 saturated heterocycles. The molecule has 2 rings (SSSR count). The Morgan fingerprint density at radius 3 is 1.27 bits per heavy atom. The van der Waals surface area contributed by atoms with Crippen molar-refractivity contribution < 1.29 is 80.9 Å². The Bertz CT molecular complexity index is 1090. The van der Waals surface area contributed by atoms with Crippen LogP contribution in [0.5, 0.6) is 0 Å². The number of carbonyl (C=O) groups excluding carboxylic acids is 7. The van der Waals surface area contributed by atoms with Crippen LogP contribution in [0.15, 0.2) is 0 Å². The Kier molecular flexibility index (Phi) is 13.9. The first-order valence-corrected chi connectivity index (χ1v) is 14.1. The standard InChI is InChI=1S/C26H35BrO17/c1-10(28)35-8-17-20(21(38-13(4)31)23(25(27)42-17)40-15(6)33)44-26-24(41-16(7)34)22(39-14(5)32)19(37-12(3)30)18(43-26)9-36-11(2)29/h17-26H,8-9H2,1-7H3/t17-,18+,19-,20-,21+,22-,23+,24-,25-,26-/m1/s1. The highest BCUT2D eigenvalue weighted by Crippen LogP contribution is 2.36. The zero-order chi connectivity index (χ0) is 33.3. The van der Waals surface area contributed by atoms with Gasteiger partial charge in [-0.1, -0.05) is 15.9 Å². The molecule has 10 atom stereocenters. The highest BCUT2D eigenvalue weighted by molar-refractivity contribution is 9.09. The minimum Gasteiger partial charge on any atom is -0.463 e. The van der Waals surface area contributed by atoms with Crippen molar-refractivity contribution in [2.75, 3.05) is 13.2 Å². The molecule has 0 saturated carbocycles. The molecular weight excluding hydrogens is 664 g/mol. The summed E-state index contributed by atoms with van der Waals surface area (Å²) >= 11 is 3.23. The van der Waals surface area contributed by atoms with Gasteiger partial charge in [-0.2, -0.15) is 0 Å². The second-order valence-corrected chi connectivity index (χ2v) is 10.5. The molecule has 0 aromatic heterocycles. The molecule has 18 heteroatoms. The maximum atomic E-state index is 12.2. The Balaban J connectivity index is 2.66. The summed E-state index contributed by atoms with van der Waals surface area (Å²) in [6.07, 6.45) is -13.2. The van der Waals surface area contributed by atoms with Crippen molar-refractivity contribution in [3.05, 3.63) is 0 Å². The van der Waals surface area contributed by atoms with Gasteiger partial charge in [0.2, 0.25) is 0 Å². The molecule has 0 N–H and O–H groups in total. The number of carbonyl (C=O) groups is 7. The van der Waals surface area contributed by atoms with Crippen LogP contribution in [0.4, 0.5) is 0 Å². The number of alkyl halides is 1. The van der Waals surface area contributed by atoms with Crippen molar-refractivity contribution in [2.24, 2.45) is 0 Å². The SMILES string of the molecule is CC(=O)OC[C@@H]1O[C@H](O[C@H]2[C@H](OC(C)=O)[C@H](OC(C)=O)[C@H](Br)O[C@@H]2COC(C)=O)[C@H](OC(C)=O)[C@H](OC(C)=O)[C@@H]1OC(C)=O. The zero-order valence-corrected chi connectivity index (χ0v) is 26.6. The molecule has 2 aliphatic rings. The van der Waals surface area contributed by atoms with Gasteiger partial charge < -0.3 is 47.4 Å². The first kappa shape index (κ1) is 36.8. The number of ether oxygens (including phenoxy) is 10. The van der Waals surface area contributed by atoms with Crippen molar-refractivity contribution in [1.29, 1.82) is 0 Å². The molecular formula is C26H35BrO17. The van der Waals surface area contributed by atoms with E-state index in [1.54, 1.807) is 0 Å². The predicted molar refractivity (Wildman–Crippen MR) is 142 cm³/mol. The summed E-state index contributed by atoms with van der Waals surface area (Å²) in [6, 6.07) is 0. The lowest BCUT2D eigenvalue weighted by atomic mass is 9.96. The van der Waals surface area contributed by atoms with E-state index in [-0.39, 0.29) is 0 Å². The molecule has 2 aliphatic heterocycles. The number of esters is 7. The highest BCUT2D eigenvalue weighted by Gasteiger charge is 2.57. The van der Waals surface area contributed by atoms with Crippen molar-refractivity contribution in [3.8, 4) is 0 Å². The van der Waals surface area contributed by atoms with Crippen LogP contribution in [0.2, 0.25) is 0 Å². The summed E-state index contributed by atoms with van der Waals surface area (Å²) < 4.78 is 55.2. The Labute approximate surface area is 260 Å². The second kappa shape index (κ2) is 16.6. The molecule has 0 amide bonds. The molecule has 0 aromatic carbocycles. The predicted octanol–water partition coefficient (Wildman–Crippen LogP) is 0.00100. The van der Waals surface area contributed by atoms with Crippen LogP contribution in [-0.4, -0.2) is 115 Å². The van der Waals surface area contributed by atoms with Crippen LogP contribution in [-0.2, 0) is 80.9 Å². The van der Waals surface area contributed by atoms with Gasteiger partial charge in [0.25, 0.3) is 0 Å². The lowest BCUT2D eigenvalue weighted by Gasteiger charge is -2.48. The van der Waals surface area contributed by atoms with E-state index in [0.717, 1.165) is 48.5 Å². The zero-order valence-electron chi connectivity index (χ0n) is 25.0. The third kappa shape index (κ3) is 11.0. The fourth-order valence-corrected chi connectivity index (χ4v) is 5.15. The summed E-state index contributed by atoms with van der Waals surface area (Å²) in [6.45, 7) is 6.57. The Morgan fingerprint density at radius 2 is 0.841 bits per heavy atom. The maximum absolute atomic E-state index is 12.2. The van der Waals surface area contributed by atoms with Gasteiger partial charge >= 0.3 is 41.8 Å². The van der Waals surface area contributed by atoms with Gasteiger partial charge in [0.1, 0.15) is 31.5 Å². The molecule has 248 valence electrons. The van der Waals surface area contributed by atoms with Crippen LogP contribution < -0.4 is 0 Å². The summed E-state index contributed by atoms with van der Waals surface area (Å²) in [4.78, 5) is 83.8. The number of halogens is 1.